The van der Waals surface area contributed by atoms with Crippen molar-refractivity contribution in [2.45, 2.75) is 31.3 Å². The Hall–Kier alpha value is -1.81. The number of hydrogen-bond donors (Lipinski definition) is 1. The Morgan fingerprint density at radius 1 is 1.09 bits per heavy atom. The Bertz CT molecular complexity index is 668. The molecule has 0 aromatic heterocycles. The van der Waals surface area contributed by atoms with E-state index < -0.39 is 0 Å². The predicted octanol–water partition coefficient (Wildman–Crippen LogP) is 4.80. The fourth-order valence-corrected chi connectivity index (χ4v) is 3.76. The first-order valence-electron chi connectivity index (χ1n) is 7.89. The Morgan fingerprint density at radius 2 is 1.78 bits per heavy atom. The van der Waals surface area contributed by atoms with Gasteiger partial charge in [-0.25, -0.2) is 4.79 Å². The fourth-order valence-electron chi connectivity index (χ4n) is 3.05. The molecule has 0 spiro atoms. The lowest BCUT2D eigenvalue weighted by atomic mass is 9.64. The van der Waals surface area contributed by atoms with Gasteiger partial charge in [0.15, 0.2) is 0 Å². The molecule has 0 unspecified atom stereocenters. The van der Waals surface area contributed by atoms with Crippen LogP contribution in [-0.4, -0.2) is 12.6 Å². The third-order valence-electron chi connectivity index (χ3n) is 4.54. The molecule has 2 aromatic carbocycles. The van der Waals surface area contributed by atoms with Gasteiger partial charge < -0.3 is 10.1 Å². The summed E-state index contributed by atoms with van der Waals surface area (Å²) < 4.78 is 6.41. The lowest BCUT2D eigenvalue weighted by Gasteiger charge is -2.43. The summed E-state index contributed by atoms with van der Waals surface area (Å²) in [7, 11) is 0. The first-order valence-corrected chi connectivity index (χ1v) is 8.68. The van der Waals surface area contributed by atoms with E-state index in [9.17, 15) is 4.79 Å². The molecule has 1 fully saturated rings. The summed E-state index contributed by atoms with van der Waals surface area (Å²) in [6.07, 6.45) is 3.03. The van der Waals surface area contributed by atoms with Gasteiger partial charge in [0.05, 0.1) is 0 Å². The minimum Gasteiger partial charge on any atom is -0.445 e. The molecule has 1 N–H and O–H groups in total. The van der Waals surface area contributed by atoms with E-state index in [2.05, 4.69) is 33.4 Å². The zero-order chi connectivity index (χ0) is 16.1. The number of rotatable bonds is 5. The smallest absolute Gasteiger partial charge is 0.407 e. The van der Waals surface area contributed by atoms with Crippen LogP contribution in [0.5, 0.6) is 0 Å². The van der Waals surface area contributed by atoms with Gasteiger partial charge in [0.25, 0.3) is 0 Å². The van der Waals surface area contributed by atoms with Gasteiger partial charge in [-0.2, -0.15) is 0 Å². The highest BCUT2D eigenvalue weighted by Gasteiger charge is 2.40. The van der Waals surface area contributed by atoms with E-state index in [4.69, 9.17) is 4.74 Å². The molecule has 1 saturated carbocycles. The molecule has 4 heteroatoms. The van der Waals surface area contributed by atoms with Crippen molar-refractivity contribution < 1.29 is 9.53 Å². The van der Waals surface area contributed by atoms with E-state index in [0.29, 0.717) is 13.2 Å². The second kappa shape index (κ2) is 7.18. The van der Waals surface area contributed by atoms with Crippen molar-refractivity contribution in [1.82, 2.24) is 5.32 Å². The van der Waals surface area contributed by atoms with Crippen LogP contribution in [0.1, 0.15) is 30.4 Å². The molecule has 1 amide bonds. The number of benzene rings is 2. The highest BCUT2D eigenvalue weighted by Crippen LogP contribution is 2.45. The van der Waals surface area contributed by atoms with Crippen LogP contribution in [0.4, 0.5) is 4.79 Å². The normalized spacial score (nSPS) is 15.5. The maximum Gasteiger partial charge on any atom is 0.407 e. The second-order valence-corrected chi connectivity index (χ2v) is 6.88. The van der Waals surface area contributed by atoms with Gasteiger partial charge >= 0.3 is 6.09 Å². The summed E-state index contributed by atoms with van der Waals surface area (Å²) in [4.78, 5) is 12.0. The van der Waals surface area contributed by atoms with E-state index in [1.165, 1.54) is 12.0 Å². The van der Waals surface area contributed by atoms with Gasteiger partial charge in [-0.05, 0) is 30.0 Å². The summed E-state index contributed by atoms with van der Waals surface area (Å²) in [6, 6.07) is 18.0. The number of halogens is 1. The molecule has 2 aromatic rings. The molecule has 0 aliphatic heterocycles. The van der Waals surface area contributed by atoms with Crippen molar-refractivity contribution in [2.24, 2.45) is 0 Å². The molecular formula is C19H20BrNO2. The molecule has 0 atom stereocenters. The van der Waals surface area contributed by atoms with Crippen LogP contribution in [0.15, 0.2) is 59.1 Å². The van der Waals surface area contributed by atoms with Crippen molar-refractivity contribution in [3.8, 4) is 0 Å². The van der Waals surface area contributed by atoms with Gasteiger partial charge in [-0.3, -0.25) is 0 Å². The summed E-state index contributed by atoms with van der Waals surface area (Å²) in [5, 5.41) is 2.94. The topological polar surface area (TPSA) is 38.3 Å². The van der Waals surface area contributed by atoms with Crippen molar-refractivity contribution >= 4 is 22.0 Å². The van der Waals surface area contributed by atoms with Gasteiger partial charge in [-0.15, -0.1) is 0 Å². The summed E-state index contributed by atoms with van der Waals surface area (Å²) in [5.74, 6) is 0. The predicted molar refractivity (Wildman–Crippen MR) is 94.3 cm³/mol. The molecule has 0 heterocycles. The van der Waals surface area contributed by atoms with Gasteiger partial charge in [-0.1, -0.05) is 70.9 Å². The third-order valence-corrected chi connectivity index (χ3v) is 5.23. The van der Waals surface area contributed by atoms with Crippen molar-refractivity contribution in [1.29, 1.82) is 0 Å². The van der Waals surface area contributed by atoms with Crippen LogP contribution >= 0.6 is 15.9 Å². The zero-order valence-corrected chi connectivity index (χ0v) is 14.5. The molecular weight excluding hydrogens is 354 g/mol. The Labute approximate surface area is 145 Å². The third kappa shape index (κ3) is 3.75. The molecule has 0 bridgehead atoms. The summed E-state index contributed by atoms with van der Waals surface area (Å²) in [5.41, 5.74) is 2.30. The minimum atomic E-state index is -0.354. The van der Waals surface area contributed by atoms with E-state index in [1.807, 2.05) is 42.5 Å². The molecule has 0 saturated heterocycles. The number of alkyl carbamates (subject to hydrolysis) is 1. The quantitative estimate of drug-likeness (QED) is 0.817. The van der Waals surface area contributed by atoms with Crippen LogP contribution in [0.2, 0.25) is 0 Å². The molecule has 0 radical (unpaired) electrons. The van der Waals surface area contributed by atoms with E-state index >= 15 is 0 Å². The van der Waals surface area contributed by atoms with Gasteiger partial charge in [0.1, 0.15) is 6.61 Å². The Balaban J connectivity index is 1.56. The Morgan fingerprint density at radius 3 is 2.43 bits per heavy atom. The summed E-state index contributed by atoms with van der Waals surface area (Å²) >= 11 is 3.63. The number of amides is 1. The second-order valence-electron chi connectivity index (χ2n) is 6.03. The number of ether oxygens (including phenoxy) is 1. The number of carbonyl (C=O) groups is 1. The SMILES string of the molecule is O=C(NCC1(c2ccccc2Br)CCC1)OCc1ccccc1. The zero-order valence-electron chi connectivity index (χ0n) is 12.9. The van der Waals surface area contributed by atoms with Crippen molar-refractivity contribution in [3.63, 3.8) is 0 Å². The van der Waals surface area contributed by atoms with E-state index in [1.54, 1.807) is 0 Å². The van der Waals surface area contributed by atoms with Crippen LogP contribution < -0.4 is 5.32 Å². The first kappa shape index (κ1) is 16.1. The van der Waals surface area contributed by atoms with E-state index in [0.717, 1.165) is 22.9 Å². The van der Waals surface area contributed by atoms with Crippen LogP contribution in [0.25, 0.3) is 0 Å². The maximum absolute atomic E-state index is 12.0. The maximum atomic E-state index is 12.0. The van der Waals surface area contributed by atoms with Gasteiger partial charge in [0.2, 0.25) is 0 Å². The van der Waals surface area contributed by atoms with E-state index in [-0.39, 0.29) is 11.5 Å². The van der Waals surface area contributed by atoms with Crippen molar-refractivity contribution in [3.05, 3.63) is 70.2 Å². The Kier molecular flexibility index (Phi) is 5.01. The highest BCUT2D eigenvalue weighted by molar-refractivity contribution is 9.10. The molecule has 3 nitrogen and oxygen atoms in total. The monoisotopic (exact) mass is 373 g/mol. The molecule has 1 aliphatic carbocycles. The number of nitrogens with one attached hydrogen (secondary N) is 1. The minimum absolute atomic E-state index is 0.0336. The number of hydrogen-bond acceptors (Lipinski definition) is 2. The number of carbonyl (C=O) groups excluding carboxylic acids is 1. The molecule has 1 aliphatic rings. The highest BCUT2D eigenvalue weighted by atomic mass is 79.9. The fraction of sp³-hybridized carbons (Fsp3) is 0.316. The standard InChI is InChI=1S/C19H20BrNO2/c20-17-10-5-4-9-16(17)19(11-6-12-19)14-21-18(22)23-13-15-7-2-1-3-8-15/h1-5,7-10H,6,11-14H2,(H,21,22). The van der Waals surface area contributed by atoms with Crippen LogP contribution in [-0.2, 0) is 16.8 Å². The average Bonchev–Trinajstić information content (AvgIpc) is 2.54. The van der Waals surface area contributed by atoms with Gasteiger partial charge in [0, 0.05) is 16.4 Å². The lowest BCUT2D eigenvalue weighted by Crippen LogP contribution is -2.45. The van der Waals surface area contributed by atoms with Crippen LogP contribution in [0, 0.1) is 0 Å². The lowest BCUT2D eigenvalue weighted by molar-refractivity contribution is 0.131. The first-order chi connectivity index (χ1) is 11.2. The average molecular weight is 374 g/mol. The summed E-state index contributed by atoms with van der Waals surface area (Å²) in [6.45, 7) is 0.915. The van der Waals surface area contributed by atoms with Crippen molar-refractivity contribution in [2.75, 3.05) is 6.54 Å². The molecule has 3 rings (SSSR count). The van der Waals surface area contributed by atoms with Crippen LogP contribution in [0.3, 0.4) is 0 Å². The largest absolute Gasteiger partial charge is 0.445 e. The molecule has 120 valence electrons. The molecule has 23 heavy (non-hydrogen) atoms.